The molecule has 0 N–H and O–H groups in total. The van der Waals surface area contributed by atoms with Gasteiger partial charge < -0.3 is 14.4 Å². The van der Waals surface area contributed by atoms with Crippen molar-refractivity contribution < 1.29 is 14.3 Å². The van der Waals surface area contributed by atoms with Crippen molar-refractivity contribution in [2.75, 3.05) is 32.7 Å². The Morgan fingerprint density at radius 2 is 1.72 bits per heavy atom. The molecule has 0 aromatic heterocycles. The summed E-state index contributed by atoms with van der Waals surface area (Å²) in [6.07, 6.45) is 6.18. The van der Waals surface area contributed by atoms with Crippen LogP contribution in [0.1, 0.15) is 37.7 Å². The van der Waals surface area contributed by atoms with E-state index in [1.165, 1.54) is 49.3 Å². The maximum Gasteiger partial charge on any atom is 0.305 e. The summed E-state index contributed by atoms with van der Waals surface area (Å²) in [5, 5.41) is 2.42. The van der Waals surface area contributed by atoms with Crippen molar-refractivity contribution in [1.29, 1.82) is 0 Å². The molecule has 168 valence electrons. The first kappa shape index (κ1) is 22.2. The molecule has 0 aliphatic heterocycles. The fourth-order valence-electron chi connectivity index (χ4n) is 4.50. The van der Waals surface area contributed by atoms with Crippen LogP contribution in [0.4, 0.5) is 5.69 Å². The SMILES string of the molecule is COC(=O)CCc1ccc(OCC2CCCC2)c(-c2ccc3cc(N(C)C)ccc3c2)c1. The Hall–Kier alpha value is -3.01. The molecule has 1 aliphatic carbocycles. The monoisotopic (exact) mass is 431 g/mol. The number of carbonyl (C=O) groups excluding carboxylic acids is 1. The summed E-state index contributed by atoms with van der Waals surface area (Å²) in [6.45, 7) is 0.772. The summed E-state index contributed by atoms with van der Waals surface area (Å²) < 4.78 is 11.2. The van der Waals surface area contributed by atoms with Crippen LogP contribution in [0.15, 0.2) is 54.6 Å². The molecular weight excluding hydrogens is 398 g/mol. The Labute approximate surface area is 191 Å². The first-order valence-electron chi connectivity index (χ1n) is 11.6. The summed E-state index contributed by atoms with van der Waals surface area (Å²) in [7, 11) is 5.55. The number of fused-ring (bicyclic) bond motifs is 1. The number of rotatable bonds is 8. The highest BCUT2D eigenvalue weighted by molar-refractivity contribution is 5.90. The summed E-state index contributed by atoms with van der Waals surface area (Å²) in [5.41, 5.74) is 4.53. The number of hydrogen-bond acceptors (Lipinski definition) is 4. The smallest absolute Gasteiger partial charge is 0.305 e. The van der Waals surface area contributed by atoms with Crippen LogP contribution in [-0.2, 0) is 16.0 Å². The van der Waals surface area contributed by atoms with Crippen LogP contribution in [0.2, 0.25) is 0 Å². The van der Waals surface area contributed by atoms with Gasteiger partial charge in [0.1, 0.15) is 5.75 Å². The molecule has 4 rings (SSSR count). The molecule has 0 saturated heterocycles. The van der Waals surface area contributed by atoms with Gasteiger partial charge in [-0.1, -0.05) is 37.1 Å². The number of methoxy groups -OCH3 is 1. The first-order valence-corrected chi connectivity index (χ1v) is 11.6. The van der Waals surface area contributed by atoms with Gasteiger partial charge in [-0.05, 0) is 77.4 Å². The molecule has 1 fully saturated rings. The highest BCUT2D eigenvalue weighted by Crippen LogP contribution is 2.35. The Bertz CT molecular complexity index is 1080. The lowest BCUT2D eigenvalue weighted by atomic mass is 9.97. The van der Waals surface area contributed by atoms with Gasteiger partial charge in [0.2, 0.25) is 0 Å². The second-order valence-electron chi connectivity index (χ2n) is 9.01. The van der Waals surface area contributed by atoms with Gasteiger partial charge in [-0.15, -0.1) is 0 Å². The third-order valence-electron chi connectivity index (χ3n) is 6.49. The number of nitrogens with zero attached hydrogens (tertiary/aromatic N) is 1. The topological polar surface area (TPSA) is 38.8 Å². The quantitative estimate of drug-likeness (QED) is 0.395. The number of ether oxygens (including phenoxy) is 2. The maximum absolute atomic E-state index is 11.6. The van der Waals surface area contributed by atoms with Crippen molar-refractivity contribution in [3.8, 4) is 16.9 Å². The predicted molar refractivity (Wildman–Crippen MR) is 132 cm³/mol. The van der Waals surface area contributed by atoms with Crippen LogP contribution in [0.25, 0.3) is 21.9 Å². The van der Waals surface area contributed by atoms with Gasteiger partial charge in [-0.3, -0.25) is 4.79 Å². The van der Waals surface area contributed by atoms with Crippen molar-refractivity contribution in [2.24, 2.45) is 5.92 Å². The standard InChI is InChI=1S/C28H33NO3/c1-29(2)25-13-12-22-17-24(11-10-23(22)18-25)26-16-20(9-15-28(30)31-3)8-14-27(26)32-19-21-6-4-5-7-21/h8,10-14,16-18,21H,4-7,9,15,19H2,1-3H3. The van der Waals surface area contributed by atoms with Crippen LogP contribution in [0.5, 0.6) is 5.75 Å². The largest absolute Gasteiger partial charge is 0.493 e. The molecule has 3 aromatic rings. The molecule has 0 heterocycles. The van der Waals surface area contributed by atoms with Gasteiger partial charge in [0.05, 0.1) is 13.7 Å². The third kappa shape index (κ3) is 5.24. The van der Waals surface area contributed by atoms with Gasteiger partial charge in [-0.2, -0.15) is 0 Å². The number of aryl methyl sites for hydroxylation is 1. The van der Waals surface area contributed by atoms with E-state index in [1.54, 1.807) is 0 Å². The van der Waals surface area contributed by atoms with Crippen LogP contribution in [0.3, 0.4) is 0 Å². The van der Waals surface area contributed by atoms with Gasteiger partial charge in [0, 0.05) is 31.8 Å². The van der Waals surface area contributed by atoms with Gasteiger partial charge in [0.15, 0.2) is 0 Å². The van der Waals surface area contributed by atoms with E-state index in [0.29, 0.717) is 18.8 Å². The highest BCUT2D eigenvalue weighted by Gasteiger charge is 2.17. The summed E-state index contributed by atoms with van der Waals surface area (Å²) in [4.78, 5) is 13.7. The van der Waals surface area contributed by atoms with E-state index < -0.39 is 0 Å². The zero-order valence-electron chi connectivity index (χ0n) is 19.4. The van der Waals surface area contributed by atoms with Crippen molar-refractivity contribution in [1.82, 2.24) is 0 Å². The second-order valence-corrected chi connectivity index (χ2v) is 9.01. The second kappa shape index (κ2) is 10.1. The fraction of sp³-hybridized carbons (Fsp3) is 0.393. The number of benzene rings is 3. The van der Waals surface area contributed by atoms with Gasteiger partial charge in [-0.25, -0.2) is 0 Å². The van der Waals surface area contributed by atoms with Crippen molar-refractivity contribution in [3.63, 3.8) is 0 Å². The summed E-state index contributed by atoms with van der Waals surface area (Å²) in [5.74, 6) is 1.39. The molecule has 0 unspecified atom stereocenters. The van der Waals surface area contributed by atoms with Crippen molar-refractivity contribution >= 4 is 22.4 Å². The number of anilines is 1. The Morgan fingerprint density at radius 1 is 0.969 bits per heavy atom. The average Bonchev–Trinajstić information content (AvgIpc) is 3.34. The lowest BCUT2D eigenvalue weighted by Crippen LogP contribution is -2.09. The van der Waals surface area contributed by atoms with Crippen LogP contribution in [0, 0.1) is 5.92 Å². The van der Waals surface area contributed by atoms with Gasteiger partial charge >= 0.3 is 5.97 Å². The summed E-state index contributed by atoms with van der Waals surface area (Å²) >= 11 is 0. The zero-order valence-corrected chi connectivity index (χ0v) is 19.4. The molecule has 3 aromatic carbocycles. The van der Waals surface area contributed by atoms with E-state index in [1.807, 2.05) is 0 Å². The normalized spacial score (nSPS) is 14.0. The lowest BCUT2D eigenvalue weighted by molar-refractivity contribution is -0.140. The van der Waals surface area contributed by atoms with E-state index in [9.17, 15) is 4.79 Å². The van der Waals surface area contributed by atoms with Crippen LogP contribution < -0.4 is 9.64 Å². The maximum atomic E-state index is 11.6. The molecule has 0 bridgehead atoms. The highest BCUT2D eigenvalue weighted by atomic mass is 16.5. The summed E-state index contributed by atoms with van der Waals surface area (Å²) in [6, 6.07) is 19.4. The molecule has 1 saturated carbocycles. The lowest BCUT2D eigenvalue weighted by Gasteiger charge is -2.17. The molecule has 0 spiro atoms. The molecule has 4 heteroatoms. The van der Waals surface area contributed by atoms with Crippen LogP contribution in [-0.4, -0.2) is 33.8 Å². The van der Waals surface area contributed by atoms with E-state index in [0.717, 1.165) is 29.0 Å². The predicted octanol–water partition coefficient (Wildman–Crippen LogP) is 6.25. The van der Waals surface area contributed by atoms with Crippen LogP contribution >= 0.6 is 0 Å². The zero-order chi connectivity index (χ0) is 22.5. The minimum Gasteiger partial charge on any atom is -0.493 e. The Morgan fingerprint density at radius 3 is 2.47 bits per heavy atom. The average molecular weight is 432 g/mol. The van der Waals surface area contributed by atoms with E-state index in [-0.39, 0.29) is 5.97 Å². The van der Waals surface area contributed by atoms with Gasteiger partial charge in [0.25, 0.3) is 0 Å². The Balaban J connectivity index is 1.66. The molecule has 4 nitrogen and oxygen atoms in total. The molecule has 32 heavy (non-hydrogen) atoms. The van der Waals surface area contributed by atoms with E-state index in [4.69, 9.17) is 9.47 Å². The number of hydrogen-bond donors (Lipinski definition) is 0. The third-order valence-corrected chi connectivity index (χ3v) is 6.49. The molecule has 1 aliphatic rings. The molecule has 0 radical (unpaired) electrons. The van der Waals surface area contributed by atoms with Crippen molar-refractivity contribution in [2.45, 2.75) is 38.5 Å². The number of esters is 1. The number of carbonyl (C=O) groups is 1. The molecule has 0 amide bonds. The molecule has 0 atom stereocenters. The molecular formula is C28H33NO3. The van der Waals surface area contributed by atoms with Crippen molar-refractivity contribution in [3.05, 3.63) is 60.2 Å². The fourth-order valence-corrected chi connectivity index (χ4v) is 4.50. The Kier molecular flexibility index (Phi) is 6.99. The first-order chi connectivity index (χ1) is 15.5. The minimum absolute atomic E-state index is 0.185. The van der Waals surface area contributed by atoms with E-state index in [2.05, 4.69) is 73.6 Å². The van der Waals surface area contributed by atoms with E-state index >= 15 is 0 Å². The minimum atomic E-state index is -0.185.